The van der Waals surface area contributed by atoms with Crippen molar-refractivity contribution in [2.75, 3.05) is 6.61 Å². The second kappa shape index (κ2) is 9.85. The van der Waals surface area contributed by atoms with Crippen molar-refractivity contribution in [1.29, 1.82) is 0 Å². The molecule has 3 amide bonds. The van der Waals surface area contributed by atoms with Crippen LogP contribution in [-0.4, -0.2) is 36.3 Å². The molecule has 0 bridgehead atoms. The van der Waals surface area contributed by atoms with Crippen LogP contribution in [0.3, 0.4) is 0 Å². The summed E-state index contributed by atoms with van der Waals surface area (Å²) >= 11 is 0. The first-order valence-electron chi connectivity index (χ1n) is 9.30. The van der Waals surface area contributed by atoms with E-state index in [9.17, 15) is 19.2 Å². The van der Waals surface area contributed by atoms with E-state index in [4.69, 9.17) is 4.74 Å². The number of fused-ring (bicyclic) bond motifs is 1. The van der Waals surface area contributed by atoms with E-state index in [1.807, 2.05) is 26.0 Å². The van der Waals surface area contributed by atoms with Gasteiger partial charge in [-0.15, -0.1) is 0 Å². The number of urea groups is 1. The van der Waals surface area contributed by atoms with E-state index < -0.39 is 24.5 Å². The van der Waals surface area contributed by atoms with E-state index in [2.05, 4.69) is 10.6 Å². The number of ether oxygens (including phenoxy) is 1. The predicted octanol–water partition coefficient (Wildman–Crippen LogP) is 2.31. The third-order valence-corrected chi connectivity index (χ3v) is 4.58. The third kappa shape index (κ3) is 6.51. The van der Waals surface area contributed by atoms with Crippen LogP contribution in [0, 0.1) is 0 Å². The Morgan fingerprint density at radius 1 is 1.11 bits per heavy atom. The first-order chi connectivity index (χ1) is 12.9. The first-order valence-corrected chi connectivity index (χ1v) is 9.30. The largest absolute Gasteiger partial charge is 0.456 e. The molecular weight excluding hydrogens is 348 g/mol. The number of Topliss-reactive ketones (excluding diaryl/α,β-unsaturated/α-hetero) is 1. The zero-order chi connectivity index (χ0) is 19.8. The zero-order valence-electron chi connectivity index (χ0n) is 15.8. The molecule has 0 heterocycles. The molecule has 0 spiro atoms. The molecule has 2 rings (SSSR count). The number of hydrogen-bond acceptors (Lipinski definition) is 5. The van der Waals surface area contributed by atoms with Gasteiger partial charge in [-0.2, -0.15) is 0 Å². The highest BCUT2D eigenvalue weighted by molar-refractivity contribution is 5.98. The molecule has 0 saturated carbocycles. The molecule has 0 radical (unpaired) electrons. The number of nitrogens with one attached hydrogen (secondary N) is 2. The number of rotatable bonds is 8. The maximum atomic E-state index is 12.2. The molecule has 1 aromatic carbocycles. The minimum absolute atomic E-state index is 0.0216. The van der Waals surface area contributed by atoms with Crippen molar-refractivity contribution in [2.24, 2.45) is 0 Å². The van der Waals surface area contributed by atoms with Gasteiger partial charge in [0.1, 0.15) is 0 Å². The summed E-state index contributed by atoms with van der Waals surface area (Å²) in [6, 6.07) is 4.98. The van der Waals surface area contributed by atoms with Crippen molar-refractivity contribution in [3.8, 4) is 0 Å². The van der Waals surface area contributed by atoms with Gasteiger partial charge in [-0.1, -0.05) is 19.1 Å². The van der Waals surface area contributed by atoms with Crippen LogP contribution in [-0.2, 0) is 27.2 Å². The molecule has 1 aromatic rings. The van der Waals surface area contributed by atoms with Crippen LogP contribution in [0.4, 0.5) is 4.79 Å². The van der Waals surface area contributed by atoms with E-state index in [0.29, 0.717) is 5.56 Å². The molecule has 0 aromatic heterocycles. The summed E-state index contributed by atoms with van der Waals surface area (Å²) in [6.07, 6.45) is 3.79. The summed E-state index contributed by atoms with van der Waals surface area (Å²) in [4.78, 5) is 47.0. The average molecular weight is 374 g/mol. The Labute approximate surface area is 158 Å². The summed E-state index contributed by atoms with van der Waals surface area (Å²) in [5, 5.41) is 4.65. The molecule has 0 unspecified atom stereocenters. The molecule has 7 nitrogen and oxygen atoms in total. The molecule has 1 atom stereocenters. The maximum Gasteiger partial charge on any atom is 0.321 e. The van der Waals surface area contributed by atoms with Crippen LogP contribution in [0.2, 0.25) is 0 Å². The Balaban J connectivity index is 1.69. The molecule has 2 N–H and O–H groups in total. The number of imide groups is 1. The highest BCUT2D eigenvalue weighted by atomic mass is 16.5. The lowest BCUT2D eigenvalue weighted by Gasteiger charge is -2.11. The Morgan fingerprint density at radius 2 is 1.85 bits per heavy atom. The molecule has 1 aliphatic rings. The Bertz CT molecular complexity index is 729. The van der Waals surface area contributed by atoms with Crippen molar-refractivity contribution in [1.82, 2.24) is 10.6 Å². The topological polar surface area (TPSA) is 102 Å². The standard InChI is InChI=1S/C20H26N2O5/c1-3-13(2)21-20(26)22-18(24)12-27-19(25)10-9-17(23)16-8-7-14-5-4-6-15(14)11-16/h7-8,11,13H,3-6,9-10,12H2,1-2H3,(H2,21,22,24,26)/t13-/m0/s1. The summed E-state index contributed by atoms with van der Waals surface area (Å²) in [6.45, 7) is 3.15. The molecule has 0 saturated heterocycles. The summed E-state index contributed by atoms with van der Waals surface area (Å²) in [5.74, 6) is -1.49. The summed E-state index contributed by atoms with van der Waals surface area (Å²) in [7, 11) is 0. The van der Waals surface area contributed by atoms with Crippen molar-refractivity contribution < 1.29 is 23.9 Å². The van der Waals surface area contributed by atoms with Crippen LogP contribution in [0.5, 0.6) is 0 Å². The SMILES string of the molecule is CC[C@H](C)NC(=O)NC(=O)COC(=O)CCC(=O)c1ccc2c(c1)CCC2. The van der Waals surface area contributed by atoms with Gasteiger partial charge >= 0.3 is 12.0 Å². The lowest BCUT2D eigenvalue weighted by Crippen LogP contribution is -2.44. The number of carbonyl (C=O) groups excluding carboxylic acids is 4. The minimum Gasteiger partial charge on any atom is -0.456 e. The summed E-state index contributed by atoms with van der Waals surface area (Å²) < 4.78 is 4.81. The van der Waals surface area contributed by atoms with E-state index in [0.717, 1.165) is 25.7 Å². The molecule has 1 aliphatic carbocycles. The molecule has 0 fully saturated rings. The van der Waals surface area contributed by atoms with Gasteiger partial charge in [-0.3, -0.25) is 19.7 Å². The lowest BCUT2D eigenvalue weighted by atomic mass is 10.0. The number of esters is 1. The van der Waals surface area contributed by atoms with Gasteiger partial charge in [0.15, 0.2) is 12.4 Å². The number of ketones is 1. The normalized spacial score (nSPS) is 13.4. The van der Waals surface area contributed by atoms with E-state index >= 15 is 0 Å². The monoisotopic (exact) mass is 374 g/mol. The highest BCUT2D eigenvalue weighted by Crippen LogP contribution is 2.23. The minimum atomic E-state index is -0.714. The third-order valence-electron chi connectivity index (χ3n) is 4.58. The van der Waals surface area contributed by atoms with E-state index in [1.165, 1.54) is 11.1 Å². The highest BCUT2D eigenvalue weighted by Gasteiger charge is 2.16. The van der Waals surface area contributed by atoms with E-state index in [-0.39, 0.29) is 24.7 Å². The molecule has 27 heavy (non-hydrogen) atoms. The Kier molecular flexibility index (Phi) is 7.52. The molecule has 146 valence electrons. The fraction of sp³-hybridized carbons (Fsp3) is 0.500. The number of benzene rings is 1. The van der Waals surface area contributed by atoms with Crippen LogP contribution in [0.15, 0.2) is 18.2 Å². The number of carbonyl (C=O) groups is 4. The van der Waals surface area contributed by atoms with Crippen LogP contribution < -0.4 is 10.6 Å². The Hall–Kier alpha value is -2.70. The average Bonchev–Trinajstić information content (AvgIpc) is 3.11. The fourth-order valence-electron chi connectivity index (χ4n) is 2.85. The van der Waals surface area contributed by atoms with Gasteiger partial charge in [-0.25, -0.2) is 4.79 Å². The van der Waals surface area contributed by atoms with Crippen LogP contribution in [0.1, 0.15) is 61.0 Å². The summed E-state index contributed by atoms with van der Waals surface area (Å²) in [5.41, 5.74) is 3.09. The van der Waals surface area contributed by atoms with E-state index in [1.54, 1.807) is 6.07 Å². The van der Waals surface area contributed by atoms with Crippen LogP contribution >= 0.6 is 0 Å². The molecule has 7 heteroatoms. The van der Waals surface area contributed by atoms with Crippen molar-refractivity contribution in [3.05, 3.63) is 34.9 Å². The number of amides is 3. The maximum absolute atomic E-state index is 12.2. The van der Waals surface area contributed by atoms with Gasteiger partial charge in [0.2, 0.25) is 0 Å². The van der Waals surface area contributed by atoms with Crippen molar-refractivity contribution in [2.45, 2.75) is 58.4 Å². The second-order valence-electron chi connectivity index (χ2n) is 6.75. The van der Waals surface area contributed by atoms with Gasteiger partial charge in [0.25, 0.3) is 5.91 Å². The van der Waals surface area contributed by atoms with Gasteiger partial charge in [-0.05, 0) is 49.8 Å². The molecular formula is C20H26N2O5. The second-order valence-corrected chi connectivity index (χ2v) is 6.75. The number of aryl methyl sites for hydroxylation is 2. The first kappa shape index (κ1) is 20.6. The lowest BCUT2D eigenvalue weighted by molar-refractivity contribution is -0.148. The van der Waals surface area contributed by atoms with Gasteiger partial charge in [0, 0.05) is 18.0 Å². The predicted molar refractivity (Wildman–Crippen MR) is 99.4 cm³/mol. The molecule has 0 aliphatic heterocycles. The van der Waals surface area contributed by atoms with Gasteiger partial charge < -0.3 is 10.1 Å². The van der Waals surface area contributed by atoms with Crippen LogP contribution in [0.25, 0.3) is 0 Å². The number of hydrogen-bond donors (Lipinski definition) is 2. The van der Waals surface area contributed by atoms with Gasteiger partial charge in [0.05, 0.1) is 6.42 Å². The zero-order valence-corrected chi connectivity index (χ0v) is 15.8. The van der Waals surface area contributed by atoms with Crippen molar-refractivity contribution in [3.63, 3.8) is 0 Å². The quantitative estimate of drug-likeness (QED) is 0.537. The smallest absolute Gasteiger partial charge is 0.321 e. The van der Waals surface area contributed by atoms with Crippen molar-refractivity contribution >= 4 is 23.7 Å². The Morgan fingerprint density at radius 3 is 2.59 bits per heavy atom. The fourth-order valence-corrected chi connectivity index (χ4v) is 2.85.